The molecule has 0 aromatic carbocycles. The number of rotatable bonds is 1. The molecule has 2 fully saturated rings. The van der Waals surface area contributed by atoms with E-state index in [2.05, 4.69) is 25.6 Å². The highest BCUT2D eigenvalue weighted by Crippen LogP contribution is 2.28. The number of nitrogens with zero attached hydrogens (tertiary/aromatic N) is 4. The summed E-state index contributed by atoms with van der Waals surface area (Å²) in [5.74, 6) is 1.79. The fourth-order valence-corrected chi connectivity index (χ4v) is 3.52. The van der Waals surface area contributed by atoms with Gasteiger partial charge in [-0.25, -0.2) is 0 Å². The van der Waals surface area contributed by atoms with Crippen LogP contribution >= 0.6 is 10.7 Å². The third-order valence-corrected chi connectivity index (χ3v) is 4.53. The Morgan fingerprint density at radius 1 is 1.28 bits per heavy atom. The number of hydrogen-bond acceptors (Lipinski definition) is 5. The van der Waals surface area contributed by atoms with E-state index in [-0.39, 0.29) is 0 Å². The van der Waals surface area contributed by atoms with Gasteiger partial charge in [-0.2, -0.15) is 8.76 Å². The average molecular weight is 289 g/mol. The molecule has 3 aliphatic heterocycles. The molecule has 0 aromatic rings. The van der Waals surface area contributed by atoms with Gasteiger partial charge in [0.05, 0.1) is 12.3 Å². The van der Waals surface area contributed by atoms with Gasteiger partial charge in [-0.05, 0) is 30.6 Å². The quantitative estimate of drug-likeness (QED) is 0.735. The summed E-state index contributed by atoms with van der Waals surface area (Å²) < 4.78 is 14.6. The molecule has 100 valence electrons. The fraction of sp³-hybridized carbons (Fsp3) is 0.727. The van der Waals surface area contributed by atoms with Crippen LogP contribution in [0, 0.1) is 0 Å². The van der Waals surface area contributed by atoms with Gasteiger partial charge in [0, 0.05) is 26.2 Å². The number of allylic oxidation sites excluding steroid dienone is 1. The molecule has 0 bridgehead atoms. The number of piperazine rings is 1. The smallest absolute Gasteiger partial charge is 0.184 e. The van der Waals surface area contributed by atoms with E-state index in [1.807, 2.05) is 0 Å². The van der Waals surface area contributed by atoms with Crippen molar-refractivity contribution in [1.29, 1.82) is 0 Å². The molecule has 7 heteroatoms. The Morgan fingerprint density at radius 3 is 2.83 bits per heavy atom. The first kappa shape index (κ1) is 12.4. The Kier molecular flexibility index (Phi) is 3.59. The number of halogens is 1. The Balaban J connectivity index is 1.89. The van der Waals surface area contributed by atoms with Gasteiger partial charge in [-0.3, -0.25) is 0 Å². The Hall–Kier alpha value is -0.590. The second-order valence-electron chi connectivity index (χ2n) is 4.74. The molecule has 5 nitrogen and oxygen atoms in total. The molecule has 2 saturated heterocycles. The molecule has 0 saturated carbocycles. The molecular weight excluding hydrogens is 272 g/mol. The largest absolute Gasteiger partial charge is 0.488 e. The Morgan fingerprint density at radius 2 is 2.06 bits per heavy atom. The zero-order valence-corrected chi connectivity index (χ0v) is 12.0. The van der Waals surface area contributed by atoms with E-state index in [1.165, 1.54) is 0 Å². The van der Waals surface area contributed by atoms with E-state index >= 15 is 0 Å². The van der Waals surface area contributed by atoms with E-state index in [0.717, 1.165) is 62.9 Å². The summed E-state index contributed by atoms with van der Waals surface area (Å²) in [6.45, 7) is 4.81. The molecule has 0 radical (unpaired) electrons. The van der Waals surface area contributed by atoms with Crippen molar-refractivity contribution in [2.45, 2.75) is 12.8 Å². The van der Waals surface area contributed by atoms with Gasteiger partial charge in [0.15, 0.2) is 11.6 Å². The predicted octanol–water partition coefficient (Wildman–Crippen LogP) is 1.54. The number of likely N-dealkylation sites (N-methyl/N-ethyl adjacent to an activating group) is 1. The molecule has 0 spiro atoms. The number of hydrogen-bond donors (Lipinski definition) is 0. The van der Waals surface area contributed by atoms with Crippen LogP contribution in [-0.2, 0) is 14.8 Å². The summed E-state index contributed by atoms with van der Waals surface area (Å²) in [4.78, 5) is 4.60. The maximum absolute atomic E-state index is 6.13. The summed E-state index contributed by atoms with van der Waals surface area (Å²) >= 11 is 0. The highest BCUT2D eigenvalue weighted by Gasteiger charge is 2.28. The summed E-state index contributed by atoms with van der Waals surface area (Å²) in [7, 11) is 7.51. The zero-order valence-electron chi connectivity index (χ0n) is 10.4. The molecule has 18 heavy (non-hydrogen) atoms. The minimum Gasteiger partial charge on any atom is -0.488 e. The maximum Gasteiger partial charge on any atom is 0.184 e. The lowest BCUT2D eigenvalue weighted by Crippen LogP contribution is -2.44. The van der Waals surface area contributed by atoms with Crippen LogP contribution in [0.4, 0.5) is 0 Å². The molecule has 0 aliphatic carbocycles. The van der Waals surface area contributed by atoms with E-state index in [1.54, 1.807) is 0 Å². The van der Waals surface area contributed by atoms with Gasteiger partial charge in [0.25, 0.3) is 0 Å². The van der Waals surface area contributed by atoms with Crippen molar-refractivity contribution in [1.82, 2.24) is 9.80 Å². The van der Waals surface area contributed by atoms with Crippen molar-refractivity contribution in [3.63, 3.8) is 0 Å². The highest BCUT2D eigenvalue weighted by molar-refractivity contribution is 8.09. The lowest BCUT2D eigenvalue weighted by Gasteiger charge is -2.36. The van der Waals surface area contributed by atoms with Crippen LogP contribution in [0.1, 0.15) is 12.8 Å². The van der Waals surface area contributed by atoms with Crippen molar-refractivity contribution < 1.29 is 4.74 Å². The summed E-state index contributed by atoms with van der Waals surface area (Å²) in [5, 5.41) is 0. The van der Waals surface area contributed by atoms with E-state index in [0.29, 0.717) is 0 Å². The van der Waals surface area contributed by atoms with Gasteiger partial charge in [0.2, 0.25) is 0 Å². The van der Waals surface area contributed by atoms with Gasteiger partial charge in [-0.15, -0.1) is 0 Å². The molecule has 1 unspecified atom stereocenters. The summed E-state index contributed by atoms with van der Waals surface area (Å²) in [6, 6.07) is 0. The van der Waals surface area contributed by atoms with Crippen LogP contribution < -0.4 is 0 Å². The van der Waals surface area contributed by atoms with Crippen LogP contribution in [0.5, 0.6) is 0 Å². The van der Waals surface area contributed by atoms with Gasteiger partial charge >= 0.3 is 0 Å². The number of ether oxygens (including phenoxy) is 1. The molecule has 0 amide bonds. The molecule has 0 N–H and O–H groups in total. The first-order valence-corrected chi connectivity index (χ1v) is 8.21. The SMILES string of the molecule is CN1CCN(C2=C3OCCCC3=NS(Cl)=N2)CC1. The third kappa shape index (κ3) is 2.41. The monoisotopic (exact) mass is 288 g/mol. The Labute approximate surface area is 114 Å². The van der Waals surface area contributed by atoms with E-state index in [4.69, 9.17) is 15.4 Å². The standard InChI is InChI=1S/C11H17ClN4OS/c1-15-4-6-16(7-5-15)11-10-9(3-2-8-17-10)13-18(12)14-11/h2-8H2,1H3. The predicted molar refractivity (Wildman–Crippen MR) is 74.4 cm³/mol. The molecule has 3 rings (SSSR count). The van der Waals surface area contributed by atoms with Crippen LogP contribution in [0.15, 0.2) is 20.3 Å². The molecule has 3 heterocycles. The normalized spacial score (nSPS) is 29.3. The second-order valence-corrected chi connectivity index (χ2v) is 6.38. The minimum atomic E-state index is -0.757. The Bertz CT molecular complexity index is 440. The minimum absolute atomic E-state index is 0.757. The van der Waals surface area contributed by atoms with Crippen LogP contribution in [-0.4, -0.2) is 55.3 Å². The molecular formula is C11H17ClN4OS. The van der Waals surface area contributed by atoms with Gasteiger partial charge in [0.1, 0.15) is 10.1 Å². The van der Waals surface area contributed by atoms with Gasteiger partial charge < -0.3 is 14.5 Å². The van der Waals surface area contributed by atoms with Crippen molar-refractivity contribution in [2.75, 3.05) is 39.8 Å². The van der Waals surface area contributed by atoms with Crippen molar-refractivity contribution >= 4 is 26.5 Å². The first-order valence-electron chi connectivity index (χ1n) is 6.25. The van der Waals surface area contributed by atoms with Gasteiger partial charge in [-0.1, -0.05) is 0 Å². The van der Waals surface area contributed by atoms with Crippen LogP contribution in [0.2, 0.25) is 0 Å². The van der Waals surface area contributed by atoms with Crippen molar-refractivity contribution in [2.24, 2.45) is 8.76 Å². The molecule has 3 aliphatic rings. The van der Waals surface area contributed by atoms with Crippen LogP contribution in [0.25, 0.3) is 0 Å². The third-order valence-electron chi connectivity index (χ3n) is 3.42. The molecule has 1 atom stereocenters. The maximum atomic E-state index is 6.13. The van der Waals surface area contributed by atoms with E-state index in [9.17, 15) is 0 Å². The lowest BCUT2D eigenvalue weighted by molar-refractivity contribution is 0.161. The molecule has 0 aromatic heterocycles. The summed E-state index contributed by atoms with van der Waals surface area (Å²) in [6.07, 6.45) is 1.98. The van der Waals surface area contributed by atoms with Crippen molar-refractivity contribution in [3.05, 3.63) is 11.6 Å². The number of fused-ring (bicyclic) bond motifs is 1. The summed E-state index contributed by atoms with van der Waals surface area (Å²) in [5.41, 5.74) is 1.00. The average Bonchev–Trinajstić information content (AvgIpc) is 2.38. The zero-order chi connectivity index (χ0) is 12.5. The first-order chi connectivity index (χ1) is 8.74. The van der Waals surface area contributed by atoms with E-state index < -0.39 is 10.1 Å². The fourth-order valence-electron chi connectivity index (χ4n) is 2.34. The lowest BCUT2D eigenvalue weighted by atomic mass is 10.1. The van der Waals surface area contributed by atoms with Crippen LogP contribution in [0.3, 0.4) is 0 Å². The van der Waals surface area contributed by atoms with Crippen molar-refractivity contribution in [3.8, 4) is 0 Å². The second kappa shape index (κ2) is 5.19. The topological polar surface area (TPSA) is 40.4 Å². The highest BCUT2D eigenvalue weighted by atomic mass is 35.7.